The molecule has 2 saturated heterocycles. The average Bonchev–Trinajstić information content (AvgIpc) is 3.43. The first-order valence-corrected chi connectivity index (χ1v) is 10.3. The van der Waals surface area contributed by atoms with E-state index in [0.29, 0.717) is 18.7 Å². The third kappa shape index (κ3) is 3.99. The summed E-state index contributed by atoms with van der Waals surface area (Å²) < 4.78 is 15.7. The Labute approximate surface area is 158 Å². The molecule has 0 unspecified atom stereocenters. The van der Waals surface area contributed by atoms with Crippen molar-refractivity contribution in [2.75, 3.05) is 19.6 Å². The summed E-state index contributed by atoms with van der Waals surface area (Å²) in [6, 6.07) is -0.217. The highest BCUT2D eigenvalue weighted by atomic mass is 19.1. The van der Waals surface area contributed by atoms with E-state index in [-0.39, 0.29) is 30.3 Å². The molecule has 0 aromatic carbocycles. The molecule has 0 spiro atoms. The highest BCUT2D eigenvalue weighted by Gasteiger charge is 2.38. The fourth-order valence-electron chi connectivity index (χ4n) is 4.67. The lowest BCUT2D eigenvalue weighted by Crippen LogP contribution is -2.42. The van der Waals surface area contributed by atoms with Crippen molar-refractivity contribution < 1.29 is 14.0 Å². The van der Waals surface area contributed by atoms with Crippen LogP contribution in [0.3, 0.4) is 0 Å². The number of rotatable bonds is 4. The second kappa shape index (κ2) is 7.94. The molecular formula is C19H28FN5O2. The molecule has 3 aliphatic rings. The Bertz CT molecular complexity index is 681. The molecule has 0 bridgehead atoms. The van der Waals surface area contributed by atoms with Gasteiger partial charge in [-0.3, -0.25) is 9.59 Å². The molecule has 2 atom stereocenters. The number of amides is 2. The van der Waals surface area contributed by atoms with E-state index < -0.39 is 6.17 Å². The zero-order chi connectivity index (χ0) is 18.8. The summed E-state index contributed by atoms with van der Waals surface area (Å²) >= 11 is 0. The van der Waals surface area contributed by atoms with Crippen molar-refractivity contribution in [1.82, 2.24) is 24.8 Å². The monoisotopic (exact) mass is 377 g/mol. The molecule has 0 radical (unpaired) electrons. The van der Waals surface area contributed by atoms with E-state index in [4.69, 9.17) is 0 Å². The van der Waals surface area contributed by atoms with Crippen LogP contribution in [0, 0.1) is 5.92 Å². The van der Waals surface area contributed by atoms with E-state index in [9.17, 15) is 14.0 Å². The molecule has 3 heterocycles. The van der Waals surface area contributed by atoms with Crippen molar-refractivity contribution in [3.05, 3.63) is 11.9 Å². The molecule has 8 heteroatoms. The molecular weight excluding hydrogens is 349 g/mol. The van der Waals surface area contributed by atoms with Crippen LogP contribution >= 0.6 is 0 Å². The number of nitrogens with zero attached hydrogens (tertiary/aromatic N) is 5. The number of alkyl halides is 1. The lowest BCUT2D eigenvalue weighted by Gasteiger charge is -2.30. The van der Waals surface area contributed by atoms with Crippen LogP contribution in [0.2, 0.25) is 0 Å². The molecule has 7 nitrogen and oxygen atoms in total. The predicted molar refractivity (Wildman–Crippen MR) is 96.7 cm³/mol. The number of carbonyl (C=O) groups excluding carboxylic acids is 2. The van der Waals surface area contributed by atoms with Crippen molar-refractivity contribution >= 4 is 11.8 Å². The van der Waals surface area contributed by atoms with E-state index >= 15 is 0 Å². The summed E-state index contributed by atoms with van der Waals surface area (Å²) in [5.74, 6) is 0.0339. The van der Waals surface area contributed by atoms with Gasteiger partial charge in [-0.2, -0.15) is 0 Å². The molecule has 1 aromatic heterocycles. The first-order chi connectivity index (χ1) is 13.1. The highest BCUT2D eigenvalue weighted by molar-refractivity contribution is 5.92. The van der Waals surface area contributed by atoms with Crippen LogP contribution in [0.4, 0.5) is 4.39 Å². The SMILES string of the molecule is O=C(c1cn(C[C@@H]2C[C@H](F)CN2C(=O)C2CCCCC2)nn1)N1CCCC1. The Morgan fingerprint density at radius 2 is 1.85 bits per heavy atom. The zero-order valence-corrected chi connectivity index (χ0v) is 15.7. The van der Waals surface area contributed by atoms with Crippen molar-refractivity contribution in [2.45, 2.75) is 70.1 Å². The number of hydrogen-bond acceptors (Lipinski definition) is 4. The molecule has 148 valence electrons. The van der Waals surface area contributed by atoms with Crippen molar-refractivity contribution in [1.29, 1.82) is 0 Å². The first kappa shape index (κ1) is 18.4. The molecule has 27 heavy (non-hydrogen) atoms. The predicted octanol–water partition coefficient (Wildman–Crippen LogP) is 2.03. The Kier molecular flexibility index (Phi) is 5.41. The van der Waals surface area contributed by atoms with Crippen LogP contribution in [-0.4, -0.2) is 68.5 Å². The Balaban J connectivity index is 1.41. The minimum absolute atomic E-state index is 0.0367. The minimum atomic E-state index is -0.989. The van der Waals surface area contributed by atoms with Gasteiger partial charge in [0.15, 0.2) is 5.69 Å². The van der Waals surface area contributed by atoms with Crippen LogP contribution in [0.1, 0.15) is 61.9 Å². The van der Waals surface area contributed by atoms with Gasteiger partial charge in [0.25, 0.3) is 5.91 Å². The molecule has 0 N–H and O–H groups in total. The average molecular weight is 377 g/mol. The van der Waals surface area contributed by atoms with Gasteiger partial charge in [-0.15, -0.1) is 5.10 Å². The molecule has 1 saturated carbocycles. The van der Waals surface area contributed by atoms with E-state index in [0.717, 1.165) is 51.6 Å². The lowest BCUT2D eigenvalue weighted by atomic mass is 9.88. The quantitative estimate of drug-likeness (QED) is 0.805. The highest BCUT2D eigenvalue weighted by Crippen LogP contribution is 2.30. The van der Waals surface area contributed by atoms with Crippen LogP contribution in [0.15, 0.2) is 6.20 Å². The third-order valence-electron chi connectivity index (χ3n) is 6.15. The summed E-state index contributed by atoms with van der Waals surface area (Å²) in [6.07, 6.45) is 8.20. The largest absolute Gasteiger partial charge is 0.337 e. The molecule has 4 rings (SSSR count). The second-order valence-corrected chi connectivity index (χ2v) is 8.14. The summed E-state index contributed by atoms with van der Waals surface area (Å²) in [6.45, 7) is 2.09. The van der Waals surface area contributed by atoms with Crippen molar-refractivity contribution in [3.63, 3.8) is 0 Å². The van der Waals surface area contributed by atoms with E-state index in [1.54, 1.807) is 20.7 Å². The van der Waals surface area contributed by atoms with Gasteiger partial charge < -0.3 is 9.80 Å². The van der Waals surface area contributed by atoms with Crippen LogP contribution < -0.4 is 0 Å². The van der Waals surface area contributed by atoms with Gasteiger partial charge in [0.1, 0.15) is 6.17 Å². The maximum atomic E-state index is 14.1. The van der Waals surface area contributed by atoms with Gasteiger partial charge in [-0.05, 0) is 25.7 Å². The normalized spacial score (nSPS) is 26.7. The summed E-state index contributed by atoms with van der Waals surface area (Å²) in [7, 11) is 0. The number of halogens is 1. The Morgan fingerprint density at radius 1 is 1.11 bits per heavy atom. The zero-order valence-electron chi connectivity index (χ0n) is 15.7. The van der Waals surface area contributed by atoms with Gasteiger partial charge in [-0.1, -0.05) is 24.5 Å². The fourth-order valence-corrected chi connectivity index (χ4v) is 4.67. The number of aromatic nitrogens is 3. The molecule has 2 amide bonds. The van der Waals surface area contributed by atoms with E-state index in [2.05, 4.69) is 10.3 Å². The second-order valence-electron chi connectivity index (χ2n) is 8.14. The van der Waals surface area contributed by atoms with Crippen LogP contribution in [0.25, 0.3) is 0 Å². The fraction of sp³-hybridized carbons (Fsp3) is 0.789. The van der Waals surface area contributed by atoms with Gasteiger partial charge in [0.2, 0.25) is 5.91 Å². The van der Waals surface area contributed by atoms with Gasteiger partial charge >= 0.3 is 0 Å². The Hall–Kier alpha value is -1.99. The summed E-state index contributed by atoms with van der Waals surface area (Å²) in [5.41, 5.74) is 0.330. The maximum Gasteiger partial charge on any atom is 0.276 e. The molecule has 2 aliphatic heterocycles. The van der Waals surface area contributed by atoms with E-state index in [1.807, 2.05) is 0 Å². The number of likely N-dealkylation sites (tertiary alicyclic amines) is 2. The van der Waals surface area contributed by atoms with Gasteiger partial charge in [0, 0.05) is 25.4 Å². The molecule has 1 aliphatic carbocycles. The van der Waals surface area contributed by atoms with Crippen LogP contribution in [0.5, 0.6) is 0 Å². The summed E-state index contributed by atoms with van der Waals surface area (Å²) in [5, 5.41) is 8.07. The van der Waals surface area contributed by atoms with Crippen molar-refractivity contribution in [3.8, 4) is 0 Å². The first-order valence-electron chi connectivity index (χ1n) is 10.3. The van der Waals surface area contributed by atoms with Gasteiger partial charge in [-0.25, -0.2) is 9.07 Å². The Morgan fingerprint density at radius 3 is 2.59 bits per heavy atom. The van der Waals surface area contributed by atoms with Crippen molar-refractivity contribution in [2.24, 2.45) is 5.92 Å². The lowest BCUT2D eigenvalue weighted by molar-refractivity contribution is -0.137. The minimum Gasteiger partial charge on any atom is -0.337 e. The third-order valence-corrected chi connectivity index (χ3v) is 6.15. The number of carbonyl (C=O) groups is 2. The summed E-state index contributed by atoms with van der Waals surface area (Å²) in [4.78, 5) is 28.8. The molecule has 1 aromatic rings. The van der Waals surface area contributed by atoms with Gasteiger partial charge in [0.05, 0.1) is 25.3 Å². The maximum absolute atomic E-state index is 14.1. The smallest absolute Gasteiger partial charge is 0.276 e. The molecule has 3 fully saturated rings. The van der Waals surface area contributed by atoms with Crippen LogP contribution in [-0.2, 0) is 11.3 Å². The van der Waals surface area contributed by atoms with E-state index in [1.165, 1.54) is 6.42 Å². The number of hydrogen-bond donors (Lipinski definition) is 0. The standard InChI is InChI=1S/C19H28FN5O2/c20-15-10-16(25(11-15)18(26)14-6-2-1-3-7-14)12-24-13-17(21-22-24)19(27)23-8-4-5-9-23/h13-16H,1-12H2/t15-,16-/m0/s1. The topological polar surface area (TPSA) is 71.3 Å².